The highest BCUT2D eigenvalue weighted by Crippen LogP contribution is 2.02. The molecule has 114 valence electrons. The van der Waals surface area contributed by atoms with Crippen molar-refractivity contribution in [2.75, 3.05) is 6.54 Å². The fraction of sp³-hybridized carbons (Fsp3) is 0.222. The van der Waals surface area contributed by atoms with Crippen LogP contribution in [0.2, 0.25) is 0 Å². The predicted octanol–water partition coefficient (Wildman–Crippen LogP) is 3.02. The molecule has 0 aliphatic heterocycles. The molecular formula is C18H21N3O. The summed E-state index contributed by atoms with van der Waals surface area (Å²) in [6.45, 7) is 4.90. The van der Waals surface area contributed by atoms with E-state index >= 15 is 0 Å². The van der Waals surface area contributed by atoms with Crippen molar-refractivity contribution in [3.63, 3.8) is 0 Å². The van der Waals surface area contributed by atoms with Gasteiger partial charge in [-0.15, -0.1) is 0 Å². The van der Waals surface area contributed by atoms with Gasteiger partial charge in [-0.05, 0) is 18.1 Å². The lowest BCUT2D eigenvalue weighted by Crippen LogP contribution is -2.42. The summed E-state index contributed by atoms with van der Waals surface area (Å²) in [5, 5.41) is 0. The Balaban J connectivity index is 2.07. The van der Waals surface area contributed by atoms with Crippen LogP contribution in [0.5, 0.6) is 0 Å². The van der Waals surface area contributed by atoms with E-state index in [0.717, 1.165) is 5.56 Å². The van der Waals surface area contributed by atoms with Crippen molar-refractivity contribution in [1.29, 1.82) is 0 Å². The molecule has 0 bridgehead atoms. The number of hydrazine groups is 1. The molecule has 22 heavy (non-hydrogen) atoms. The summed E-state index contributed by atoms with van der Waals surface area (Å²) in [6, 6.07) is 18.8. The number of nitrogens with zero attached hydrogens (tertiary/aromatic N) is 1. The Morgan fingerprint density at radius 1 is 0.909 bits per heavy atom. The Hall–Kier alpha value is -2.62. The highest BCUT2D eigenvalue weighted by Gasteiger charge is 2.07. The Bertz CT molecular complexity index is 621. The number of aliphatic imine (C=N–C) groups is 1. The number of hydrogen-bond acceptors (Lipinski definition) is 2. The zero-order valence-corrected chi connectivity index (χ0v) is 12.9. The molecule has 2 N–H and O–H groups in total. The van der Waals surface area contributed by atoms with Gasteiger partial charge in [0.1, 0.15) is 5.84 Å². The third-order valence-electron chi connectivity index (χ3n) is 2.99. The van der Waals surface area contributed by atoms with Crippen molar-refractivity contribution in [3.8, 4) is 0 Å². The van der Waals surface area contributed by atoms with Gasteiger partial charge in [-0.2, -0.15) is 0 Å². The number of nitrogens with one attached hydrogen (secondary N) is 2. The van der Waals surface area contributed by atoms with Gasteiger partial charge >= 0.3 is 0 Å². The van der Waals surface area contributed by atoms with Crippen LogP contribution in [-0.4, -0.2) is 18.3 Å². The lowest BCUT2D eigenvalue weighted by atomic mass is 10.2. The standard InChI is InChI=1S/C18H21N3O/c1-14(2)13-19-17(15-9-5-3-6-10-15)20-21-18(22)16-11-7-4-8-12-16/h3-12,14H,13H2,1-2H3,(H,19,20)(H,21,22). The topological polar surface area (TPSA) is 53.5 Å². The monoisotopic (exact) mass is 295 g/mol. The molecule has 0 aliphatic rings. The van der Waals surface area contributed by atoms with Gasteiger partial charge < -0.3 is 0 Å². The van der Waals surface area contributed by atoms with Crippen molar-refractivity contribution in [2.45, 2.75) is 13.8 Å². The Kier molecular flexibility index (Phi) is 5.72. The molecular weight excluding hydrogens is 274 g/mol. The quantitative estimate of drug-likeness (QED) is 0.517. The fourth-order valence-corrected chi connectivity index (χ4v) is 1.85. The van der Waals surface area contributed by atoms with E-state index in [4.69, 9.17) is 0 Å². The van der Waals surface area contributed by atoms with Gasteiger partial charge in [0.05, 0.1) is 0 Å². The van der Waals surface area contributed by atoms with Crippen LogP contribution < -0.4 is 10.9 Å². The molecule has 4 heteroatoms. The first-order valence-electron chi connectivity index (χ1n) is 7.38. The molecule has 0 saturated heterocycles. The molecule has 1 amide bonds. The van der Waals surface area contributed by atoms with Crippen molar-refractivity contribution in [1.82, 2.24) is 10.9 Å². The second-order valence-electron chi connectivity index (χ2n) is 5.39. The summed E-state index contributed by atoms with van der Waals surface area (Å²) < 4.78 is 0. The lowest BCUT2D eigenvalue weighted by Gasteiger charge is -2.12. The maximum atomic E-state index is 12.1. The molecule has 0 saturated carbocycles. The summed E-state index contributed by atoms with van der Waals surface area (Å²) in [5.41, 5.74) is 7.19. The summed E-state index contributed by atoms with van der Waals surface area (Å²) in [5.74, 6) is 0.928. The number of carbonyl (C=O) groups excluding carboxylic acids is 1. The number of rotatable bonds is 4. The SMILES string of the molecule is CC(C)CN=C(NNC(=O)c1ccccc1)c1ccccc1. The van der Waals surface area contributed by atoms with Gasteiger partial charge in [0.15, 0.2) is 0 Å². The van der Waals surface area contributed by atoms with Crippen LogP contribution >= 0.6 is 0 Å². The van der Waals surface area contributed by atoms with Crippen LogP contribution in [-0.2, 0) is 0 Å². The third-order valence-corrected chi connectivity index (χ3v) is 2.99. The number of amides is 1. The Labute approximate surface area is 131 Å². The summed E-state index contributed by atoms with van der Waals surface area (Å²) >= 11 is 0. The number of carbonyl (C=O) groups is 1. The van der Waals surface area contributed by atoms with Gasteiger partial charge in [0.2, 0.25) is 0 Å². The first-order valence-corrected chi connectivity index (χ1v) is 7.38. The summed E-state index contributed by atoms with van der Waals surface area (Å²) in [4.78, 5) is 16.6. The van der Waals surface area contributed by atoms with E-state index < -0.39 is 0 Å². The smallest absolute Gasteiger partial charge is 0.269 e. The van der Waals surface area contributed by atoms with Crippen molar-refractivity contribution in [3.05, 3.63) is 71.8 Å². The molecule has 0 aliphatic carbocycles. The Morgan fingerprint density at radius 2 is 1.45 bits per heavy atom. The zero-order chi connectivity index (χ0) is 15.8. The first-order chi connectivity index (χ1) is 10.7. The average molecular weight is 295 g/mol. The molecule has 2 aromatic carbocycles. The van der Waals surface area contributed by atoms with Crippen molar-refractivity contribution in [2.24, 2.45) is 10.9 Å². The van der Waals surface area contributed by atoms with E-state index in [1.54, 1.807) is 12.1 Å². The molecule has 0 radical (unpaired) electrons. The van der Waals surface area contributed by atoms with Gasteiger partial charge in [-0.3, -0.25) is 20.6 Å². The first kappa shape index (κ1) is 15.8. The van der Waals surface area contributed by atoms with Gasteiger partial charge in [0, 0.05) is 17.7 Å². The molecule has 0 unspecified atom stereocenters. The third kappa shape index (κ3) is 4.74. The molecule has 4 nitrogen and oxygen atoms in total. The average Bonchev–Trinajstić information content (AvgIpc) is 2.56. The van der Waals surface area contributed by atoms with Crippen molar-refractivity contribution < 1.29 is 4.79 Å². The van der Waals surface area contributed by atoms with Crippen LogP contribution in [0.15, 0.2) is 65.7 Å². The van der Waals surface area contributed by atoms with Crippen LogP contribution in [0.4, 0.5) is 0 Å². The fourth-order valence-electron chi connectivity index (χ4n) is 1.85. The summed E-state index contributed by atoms with van der Waals surface area (Å²) in [6.07, 6.45) is 0. The minimum absolute atomic E-state index is 0.186. The molecule has 2 aromatic rings. The lowest BCUT2D eigenvalue weighted by molar-refractivity contribution is 0.0944. The highest BCUT2D eigenvalue weighted by atomic mass is 16.2. The van der Waals surface area contributed by atoms with Crippen molar-refractivity contribution >= 4 is 11.7 Å². The van der Waals surface area contributed by atoms with Crippen LogP contribution in [0.3, 0.4) is 0 Å². The molecule has 0 fully saturated rings. The van der Waals surface area contributed by atoms with E-state index in [9.17, 15) is 4.79 Å². The second kappa shape index (κ2) is 7.98. The predicted molar refractivity (Wildman–Crippen MR) is 89.7 cm³/mol. The minimum Gasteiger partial charge on any atom is -0.281 e. The van der Waals surface area contributed by atoms with Crippen LogP contribution in [0, 0.1) is 5.92 Å². The molecule has 0 atom stereocenters. The molecule has 2 rings (SSSR count). The summed E-state index contributed by atoms with van der Waals surface area (Å²) in [7, 11) is 0. The van der Waals surface area contributed by atoms with Crippen LogP contribution in [0.25, 0.3) is 0 Å². The van der Waals surface area contributed by atoms with Gasteiger partial charge in [-0.1, -0.05) is 62.4 Å². The normalized spacial score (nSPS) is 11.3. The molecule has 0 spiro atoms. The number of benzene rings is 2. The maximum absolute atomic E-state index is 12.1. The highest BCUT2D eigenvalue weighted by molar-refractivity contribution is 6.01. The Morgan fingerprint density at radius 3 is 2.00 bits per heavy atom. The number of amidine groups is 1. The largest absolute Gasteiger partial charge is 0.281 e. The van der Waals surface area contributed by atoms with E-state index in [1.807, 2.05) is 48.5 Å². The number of hydrogen-bond donors (Lipinski definition) is 2. The van der Waals surface area contributed by atoms with Crippen LogP contribution in [0.1, 0.15) is 29.8 Å². The van der Waals surface area contributed by atoms with Gasteiger partial charge in [-0.25, -0.2) is 0 Å². The molecule has 0 aromatic heterocycles. The van der Waals surface area contributed by atoms with Gasteiger partial charge in [0.25, 0.3) is 5.91 Å². The zero-order valence-electron chi connectivity index (χ0n) is 12.9. The maximum Gasteiger partial charge on any atom is 0.269 e. The second-order valence-corrected chi connectivity index (χ2v) is 5.39. The van der Waals surface area contributed by atoms with E-state index in [0.29, 0.717) is 23.9 Å². The van der Waals surface area contributed by atoms with E-state index in [2.05, 4.69) is 29.7 Å². The van der Waals surface area contributed by atoms with E-state index in [1.165, 1.54) is 0 Å². The molecule has 0 heterocycles. The van der Waals surface area contributed by atoms with E-state index in [-0.39, 0.29) is 5.91 Å². The minimum atomic E-state index is -0.186.